The predicted molar refractivity (Wildman–Crippen MR) is 34.5 cm³/mol. The Morgan fingerprint density at radius 2 is 1.88 bits per heavy atom. The van der Waals surface area contributed by atoms with Gasteiger partial charge in [-0.15, -0.1) is 0 Å². The molecule has 0 saturated carbocycles. The lowest BCUT2D eigenvalue weighted by molar-refractivity contribution is 0.152. The van der Waals surface area contributed by atoms with Crippen LogP contribution in [0.5, 0.6) is 0 Å². The summed E-state index contributed by atoms with van der Waals surface area (Å²) in [5, 5.41) is 11.6. The Bertz CT molecular complexity index is 44.5. The van der Waals surface area contributed by atoms with Crippen LogP contribution in [0.15, 0.2) is 0 Å². The molecule has 0 spiro atoms. The molecular formula is C6H15NO. The molecular weight excluding hydrogens is 102 g/mol. The van der Waals surface area contributed by atoms with Gasteiger partial charge in [-0.05, 0) is 19.4 Å². The molecule has 0 aromatic rings. The van der Waals surface area contributed by atoms with Gasteiger partial charge in [-0.25, -0.2) is 0 Å². The normalized spacial score (nSPS) is 14.6. The molecule has 0 aromatic heterocycles. The molecule has 2 nitrogen and oxygen atoms in total. The summed E-state index contributed by atoms with van der Waals surface area (Å²) in [5.41, 5.74) is 0. The highest BCUT2D eigenvalue weighted by Crippen LogP contribution is 1.86. The average molecular weight is 117 g/mol. The molecule has 0 fully saturated rings. The molecule has 0 unspecified atom stereocenters. The minimum atomic E-state index is -0.364. The van der Waals surface area contributed by atoms with Crippen LogP contribution in [0.4, 0.5) is 0 Å². The fourth-order valence-corrected chi connectivity index (χ4v) is 0.406. The standard InChI is InChI=1S/C6H15NO/c1-5(2)4-7-6(3)8/h5-8H,4H2,1-3H3/t6-/m1/s1. The minimum absolute atomic E-state index is 0.364. The van der Waals surface area contributed by atoms with Gasteiger partial charge in [-0.1, -0.05) is 13.8 Å². The highest BCUT2D eigenvalue weighted by Gasteiger charge is 1.94. The monoisotopic (exact) mass is 117 g/mol. The van der Waals surface area contributed by atoms with Crippen LogP contribution in [-0.2, 0) is 0 Å². The Labute approximate surface area is 50.9 Å². The largest absolute Gasteiger partial charge is 0.379 e. The second-order valence-corrected chi connectivity index (χ2v) is 2.48. The van der Waals surface area contributed by atoms with E-state index in [0.717, 1.165) is 6.54 Å². The van der Waals surface area contributed by atoms with Gasteiger partial charge in [-0.3, -0.25) is 5.32 Å². The van der Waals surface area contributed by atoms with E-state index in [4.69, 9.17) is 5.11 Å². The lowest BCUT2D eigenvalue weighted by Gasteiger charge is -2.08. The SMILES string of the molecule is CC(C)CN[C@@H](C)O. The van der Waals surface area contributed by atoms with E-state index >= 15 is 0 Å². The second-order valence-electron chi connectivity index (χ2n) is 2.48. The lowest BCUT2D eigenvalue weighted by Crippen LogP contribution is -2.28. The Morgan fingerprint density at radius 3 is 2.00 bits per heavy atom. The van der Waals surface area contributed by atoms with Gasteiger partial charge in [-0.2, -0.15) is 0 Å². The van der Waals surface area contributed by atoms with Crippen LogP contribution in [-0.4, -0.2) is 17.9 Å². The van der Waals surface area contributed by atoms with Crippen LogP contribution in [0.1, 0.15) is 20.8 Å². The quantitative estimate of drug-likeness (QED) is 0.530. The zero-order valence-corrected chi connectivity index (χ0v) is 5.81. The maximum Gasteiger partial charge on any atom is 0.102 e. The Morgan fingerprint density at radius 1 is 1.38 bits per heavy atom. The fourth-order valence-electron chi connectivity index (χ4n) is 0.406. The number of aliphatic hydroxyl groups is 1. The van der Waals surface area contributed by atoms with Gasteiger partial charge in [0, 0.05) is 0 Å². The third-order valence-electron chi connectivity index (χ3n) is 0.822. The molecule has 0 aliphatic rings. The molecule has 0 saturated heterocycles. The molecule has 0 aliphatic carbocycles. The summed E-state index contributed by atoms with van der Waals surface area (Å²) < 4.78 is 0. The summed E-state index contributed by atoms with van der Waals surface area (Å²) >= 11 is 0. The molecule has 1 atom stereocenters. The van der Waals surface area contributed by atoms with E-state index in [2.05, 4.69) is 19.2 Å². The van der Waals surface area contributed by atoms with Gasteiger partial charge < -0.3 is 5.11 Å². The molecule has 0 aliphatic heterocycles. The van der Waals surface area contributed by atoms with Crippen LogP contribution in [0.3, 0.4) is 0 Å². The van der Waals surface area contributed by atoms with Crippen LogP contribution in [0.2, 0.25) is 0 Å². The third kappa shape index (κ3) is 5.92. The van der Waals surface area contributed by atoms with Gasteiger partial charge in [0.05, 0.1) is 0 Å². The van der Waals surface area contributed by atoms with Crippen LogP contribution in [0.25, 0.3) is 0 Å². The summed E-state index contributed by atoms with van der Waals surface area (Å²) in [7, 11) is 0. The second kappa shape index (κ2) is 3.87. The summed E-state index contributed by atoms with van der Waals surface area (Å²) in [5.74, 6) is 0.615. The first-order chi connectivity index (χ1) is 3.63. The van der Waals surface area contributed by atoms with Crippen LogP contribution < -0.4 is 5.32 Å². The molecule has 0 rings (SSSR count). The molecule has 0 radical (unpaired) electrons. The highest BCUT2D eigenvalue weighted by atomic mass is 16.3. The van der Waals surface area contributed by atoms with Gasteiger partial charge >= 0.3 is 0 Å². The van der Waals surface area contributed by atoms with Crippen molar-refractivity contribution in [3.8, 4) is 0 Å². The van der Waals surface area contributed by atoms with Crippen molar-refractivity contribution in [1.29, 1.82) is 0 Å². The number of aliphatic hydroxyl groups excluding tert-OH is 1. The molecule has 2 heteroatoms. The van der Waals surface area contributed by atoms with E-state index in [0.29, 0.717) is 5.92 Å². The Balaban J connectivity index is 2.93. The number of nitrogens with one attached hydrogen (secondary N) is 1. The highest BCUT2D eigenvalue weighted by molar-refractivity contribution is 4.49. The van der Waals surface area contributed by atoms with Gasteiger partial charge in [0.2, 0.25) is 0 Å². The smallest absolute Gasteiger partial charge is 0.102 e. The van der Waals surface area contributed by atoms with E-state index in [-0.39, 0.29) is 6.23 Å². The number of rotatable bonds is 3. The molecule has 0 aromatic carbocycles. The van der Waals surface area contributed by atoms with Crippen molar-refractivity contribution in [3.63, 3.8) is 0 Å². The van der Waals surface area contributed by atoms with Crippen LogP contribution in [0, 0.1) is 5.92 Å². The van der Waals surface area contributed by atoms with Gasteiger partial charge in [0.1, 0.15) is 6.23 Å². The summed E-state index contributed by atoms with van der Waals surface area (Å²) in [6.45, 7) is 6.82. The van der Waals surface area contributed by atoms with E-state index in [9.17, 15) is 0 Å². The summed E-state index contributed by atoms with van der Waals surface area (Å²) in [6, 6.07) is 0. The van der Waals surface area contributed by atoms with E-state index in [1.165, 1.54) is 0 Å². The first-order valence-corrected chi connectivity index (χ1v) is 3.04. The lowest BCUT2D eigenvalue weighted by atomic mass is 10.2. The van der Waals surface area contributed by atoms with Gasteiger partial charge in [0.15, 0.2) is 0 Å². The van der Waals surface area contributed by atoms with E-state index in [1.54, 1.807) is 6.92 Å². The Kier molecular flexibility index (Phi) is 3.83. The maximum absolute atomic E-state index is 8.69. The minimum Gasteiger partial charge on any atom is -0.379 e. The number of hydrogen-bond donors (Lipinski definition) is 2. The van der Waals surface area contributed by atoms with Crippen molar-refractivity contribution in [3.05, 3.63) is 0 Å². The van der Waals surface area contributed by atoms with E-state index < -0.39 is 0 Å². The van der Waals surface area contributed by atoms with Crippen LogP contribution >= 0.6 is 0 Å². The first-order valence-electron chi connectivity index (χ1n) is 3.04. The predicted octanol–water partition coefficient (Wildman–Crippen LogP) is 0.570. The first kappa shape index (κ1) is 7.92. The summed E-state index contributed by atoms with van der Waals surface area (Å²) in [6.07, 6.45) is -0.364. The molecule has 8 heavy (non-hydrogen) atoms. The molecule has 0 bridgehead atoms. The van der Waals surface area contributed by atoms with Crippen molar-refractivity contribution >= 4 is 0 Å². The summed E-state index contributed by atoms with van der Waals surface area (Å²) in [4.78, 5) is 0. The maximum atomic E-state index is 8.69. The van der Waals surface area contributed by atoms with Crippen molar-refractivity contribution in [2.24, 2.45) is 5.92 Å². The molecule has 0 heterocycles. The zero-order chi connectivity index (χ0) is 6.57. The van der Waals surface area contributed by atoms with E-state index in [1.807, 2.05) is 0 Å². The van der Waals surface area contributed by atoms with Crippen molar-refractivity contribution in [2.75, 3.05) is 6.54 Å². The van der Waals surface area contributed by atoms with Crippen molar-refractivity contribution in [1.82, 2.24) is 5.32 Å². The average Bonchev–Trinajstić information content (AvgIpc) is 1.61. The number of hydrogen-bond acceptors (Lipinski definition) is 2. The molecule has 50 valence electrons. The zero-order valence-electron chi connectivity index (χ0n) is 5.81. The molecule has 0 amide bonds. The van der Waals surface area contributed by atoms with Crippen molar-refractivity contribution < 1.29 is 5.11 Å². The van der Waals surface area contributed by atoms with Gasteiger partial charge in [0.25, 0.3) is 0 Å². The van der Waals surface area contributed by atoms with Crippen molar-refractivity contribution in [2.45, 2.75) is 27.0 Å². The topological polar surface area (TPSA) is 32.3 Å². The third-order valence-corrected chi connectivity index (χ3v) is 0.822. The Hall–Kier alpha value is -0.0800. The molecule has 2 N–H and O–H groups in total. The fraction of sp³-hybridized carbons (Fsp3) is 1.00.